The molecule has 0 atom stereocenters. The van der Waals surface area contributed by atoms with E-state index in [0.29, 0.717) is 17.8 Å². The maximum atomic E-state index is 9.57. The van der Waals surface area contributed by atoms with Crippen molar-refractivity contribution < 1.29 is 5.11 Å². The fourth-order valence-electron chi connectivity index (χ4n) is 2.27. The number of nitrogens with zero attached hydrogens (tertiary/aromatic N) is 5. The normalized spacial score (nSPS) is 16.3. The van der Waals surface area contributed by atoms with Crippen molar-refractivity contribution in [2.45, 2.75) is 32.8 Å². The number of nitrogens with two attached hydrogens (primary N) is 1. The molecule has 0 saturated carbocycles. The van der Waals surface area contributed by atoms with E-state index in [0.717, 1.165) is 39.0 Å². The van der Waals surface area contributed by atoms with Gasteiger partial charge in [0, 0.05) is 26.2 Å². The molecule has 0 amide bonds. The van der Waals surface area contributed by atoms with Crippen LogP contribution in [0.4, 0.5) is 17.8 Å². The number of nitrogen functional groups attached to an aromatic ring is 1. The van der Waals surface area contributed by atoms with E-state index in [4.69, 9.17) is 5.84 Å². The lowest BCUT2D eigenvalue weighted by Gasteiger charge is -2.30. The fourth-order valence-corrected chi connectivity index (χ4v) is 2.27. The van der Waals surface area contributed by atoms with Crippen LogP contribution < -0.4 is 21.1 Å². The summed E-state index contributed by atoms with van der Waals surface area (Å²) in [4.78, 5) is 17.2. The average molecular weight is 281 g/mol. The second-order valence-electron chi connectivity index (χ2n) is 4.79. The minimum absolute atomic E-state index is 0.220. The molecule has 8 heteroatoms. The molecule has 0 unspecified atom stereocenters. The topological polar surface area (TPSA) is 103 Å². The molecule has 4 N–H and O–H groups in total. The minimum atomic E-state index is -0.220. The molecule has 1 aliphatic rings. The Morgan fingerprint density at radius 1 is 1.25 bits per heavy atom. The highest BCUT2D eigenvalue weighted by molar-refractivity contribution is 5.45. The zero-order valence-corrected chi connectivity index (χ0v) is 12.1. The van der Waals surface area contributed by atoms with Gasteiger partial charge >= 0.3 is 0 Å². The Morgan fingerprint density at radius 3 is 2.45 bits per heavy atom. The lowest BCUT2D eigenvalue weighted by atomic mass is 10.1. The zero-order chi connectivity index (χ0) is 14.5. The van der Waals surface area contributed by atoms with Crippen molar-refractivity contribution in [3.05, 3.63) is 0 Å². The second-order valence-corrected chi connectivity index (χ2v) is 4.79. The van der Waals surface area contributed by atoms with Crippen LogP contribution in [0.5, 0.6) is 0 Å². The monoisotopic (exact) mass is 281 g/mol. The van der Waals surface area contributed by atoms with Crippen LogP contribution in [0.15, 0.2) is 0 Å². The third kappa shape index (κ3) is 3.26. The molecule has 1 aromatic rings. The molecule has 1 aliphatic heterocycles. The number of piperidine rings is 1. The Hall–Kier alpha value is -1.67. The van der Waals surface area contributed by atoms with Crippen LogP contribution in [0.25, 0.3) is 0 Å². The summed E-state index contributed by atoms with van der Waals surface area (Å²) in [7, 11) is 0. The van der Waals surface area contributed by atoms with Gasteiger partial charge in [-0.3, -0.25) is 5.43 Å². The number of aromatic nitrogens is 3. The maximum Gasteiger partial charge on any atom is 0.243 e. The number of hydrogen-bond acceptors (Lipinski definition) is 8. The minimum Gasteiger partial charge on any atom is -0.393 e. The second kappa shape index (κ2) is 6.67. The van der Waals surface area contributed by atoms with Crippen molar-refractivity contribution in [1.82, 2.24) is 15.0 Å². The van der Waals surface area contributed by atoms with Crippen molar-refractivity contribution in [1.29, 1.82) is 0 Å². The van der Waals surface area contributed by atoms with Gasteiger partial charge in [0.1, 0.15) is 0 Å². The number of hydrogen-bond donors (Lipinski definition) is 3. The first-order valence-electron chi connectivity index (χ1n) is 7.08. The van der Waals surface area contributed by atoms with E-state index in [1.165, 1.54) is 0 Å². The average Bonchev–Trinajstić information content (AvgIpc) is 2.49. The SMILES string of the molecule is CCN(CC)c1nc(NN)nc(N2CCC(O)CC2)n1. The summed E-state index contributed by atoms with van der Waals surface area (Å²) in [5, 5.41) is 9.57. The van der Waals surface area contributed by atoms with Crippen molar-refractivity contribution in [3.63, 3.8) is 0 Å². The summed E-state index contributed by atoms with van der Waals surface area (Å²) in [5.41, 5.74) is 2.49. The molecule has 0 radical (unpaired) electrons. The Labute approximate surface area is 119 Å². The predicted molar refractivity (Wildman–Crippen MR) is 78.7 cm³/mol. The molecular weight excluding hydrogens is 258 g/mol. The van der Waals surface area contributed by atoms with Gasteiger partial charge in [0.05, 0.1) is 6.10 Å². The van der Waals surface area contributed by atoms with Gasteiger partial charge in [0.15, 0.2) is 0 Å². The van der Waals surface area contributed by atoms with E-state index >= 15 is 0 Å². The van der Waals surface area contributed by atoms with Gasteiger partial charge in [-0.1, -0.05) is 0 Å². The zero-order valence-electron chi connectivity index (χ0n) is 12.1. The van der Waals surface area contributed by atoms with Gasteiger partial charge in [-0.05, 0) is 26.7 Å². The van der Waals surface area contributed by atoms with E-state index in [-0.39, 0.29) is 6.10 Å². The van der Waals surface area contributed by atoms with Crippen molar-refractivity contribution >= 4 is 17.8 Å². The third-order valence-electron chi connectivity index (χ3n) is 3.53. The first-order valence-corrected chi connectivity index (χ1v) is 7.08. The first kappa shape index (κ1) is 14.7. The van der Waals surface area contributed by atoms with Gasteiger partial charge in [0.2, 0.25) is 17.8 Å². The number of hydrazine groups is 1. The van der Waals surface area contributed by atoms with Gasteiger partial charge < -0.3 is 14.9 Å². The molecule has 2 rings (SSSR count). The highest BCUT2D eigenvalue weighted by Gasteiger charge is 2.21. The summed E-state index contributed by atoms with van der Waals surface area (Å²) in [6.07, 6.45) is 1.25. The molecule has 1 saturated heterocycles. The molecule has 20 heavy (non-hydrogen) atoms. The van der Waals surface area contributed by atoms with Crippen LogP contribution in [0.2, 0.25) is 0 Å². The summed E-state index contributed by atoms with van der Waals surface area (Å²) < 4.78 is 0. The number of aliphatic hydroxyl groups excluding tert-OH is 1. The van der Waals surface area contributed by atoms with Crippen molar-refractivity contribution in [2.75, 3.05) is 41.4 Å². The lowest BCUT2D eigenvalue weighted by Crippen LogP contribution is -2.37. The van der Waals surface area contributed by atoms with E-state index in [9.17, 15) is 5.11 Å². The molecule has 0 spiro atoms. The summed E-state index contributed by atoms with van der Waals surface area (Å²) in [6, 6.07) is 0. The maximum absolute atomic E-state index is 9.57. The van der Waals surface area contributed by atoms with E-state index < -0.39 is 0 Å². The lowest BCUT2D eigenvalue weighted by molar-refractivity contribution is 0.145. The standard InChI is InChI=1S/C12H23N7O/c1-3-18(4-2)11-14-10(17-13)15-12(16-11)19-7-5-9(20)6-8-19/h9,20H,3-8,13H2,1-2H3,(H,14,15,16,17). The number of anilines is 3. The van der Waals surface area contributed by atoms with Crippen molar-refractivity contribution in [3.8, 4) is 0 Å². The molecule has 0 aromatic carbocycles. The van der Waals surface area contributed by atoms with Gasteiger partial charge in [-0.15, -0.1) is 0 Å². The Bertz CT molecular complexity index is 430. The molecule has 0 bridgehead atoms. The van der Waals surface area contributed by atoms with Gasteiger partial charge in [-0.25, -0.2) is 5.84 Å². The molecule has 8 nitrogen and oxygen atoms in total. The first-order chi connectivity index (χ1) is 9.67. The molecule has 112 valence electrons. The van der Waals surface area contributed by atoms with Crippen LogP contribution in [0, 0.1) is 0 Å². The van der Waals surface area contributed by atoms with Gasteiger partial charge in [0.25, 0.3) is 0 Å². The molecule has 1 aromatic heterocycles. The quantitative estimate of drug-likeness (QED) is 0.510. The summed E-state index contributed by atoms with van der Waals surface area (Å²) >= 11 is 0. The molecule has 2 heterocycles. The van der Waals surface area contributed by atoms with Crippen LogP contribution in [-0.4, -0.2) is 52.3 Å². The van der Waals surface area contributed by atoms with Crippen LogP contribution in [-0.2, 0) is 0 Å². The molecular formula is C12H23N7O. The van der Waals surface area contributed by atoms with Crippen molar-refractivity contribution in [2.24, 2.45) is 5.84 Å². The number of nitrogens with one attached hydrogen (secondary N) is 1. The van der Waals surface area contributed by atoms with E-state index in [1.807, 2.05) is 4.90 Å². The fraction of sp³-hybridized carbons (Fsp3) is 0.750. The van der Waals surface area contributed by atoms with Gasteiger partial charge in [-0.2, -0.15) is 15.0 Å². The highest BCUT2D eigenvalue weighted by Crippen LogP contribution is 2.20. The summed E-state index contributed by atoms with van der Waals surface area (Å²) in [6.45, 7) is 7.24. The number of rotatable bonds is 5. The Balaban J connectivity index is 2.25. The Morgan fingerprint density at radius 2 is 1.90 bits per heavy atom. The molecule has 0 aliphatic carbocycles. The van der Waals surface area contributed by atoms with E-state index in [2.05, 4.69) is 39.1 Å². The Kier molecular flexibility index (Phi) is 4.91. The van der Waals surface area contributed by atoms with Crippen LogP contribution in [0.3, 0.4) is 0 Å². The van der Waals surface area contributed by atoms with E-state index in [1.54, 1.807) is 0 Å². The number of aliphatic hydroxyl groups is 1. The molecule has 1 fully saturated rings. The predicted octanol–water partition coefficient (Wildman–Crippen LogP) is -0.0355. The summed E-state index contributed by atoms with van der Waals surface area (Å²) in [5.74, 6) is 7.04. The smallest absolute Gasteiger partial charge is 0.243 e. The van der Waals surface area contributed by atoms with Crippen LogP contribution in [0.1, 0.15) is 26.7 Å². The largest absolute Gasteiger partial charge is 0.393 e. The van der Waals surface area contributed by atoms with Crippen LogP contribution >= 0.6 is 0 Å². The third-order valence-corrected chi connectivity index (χ3v) is 3.53. The highest BCUT2D eigenvalue weighted by atomic mass is 16.3.